The molecule has 20 heavy (non-hydrogen) atoms. The fourth-order valence-electron chi connectivity index (χ4n) is 2.61. The fraction of sp³-hybridized carbons (Fsp3) is 0.600. The van der Waals surface area contributed by atoms with Crippen LogP contribution in [-0.4, -0.2) is 23.1 Å². The third kappa shape index (κ3) is 2.46. The number of fused-ring (bicyclic) bond motifs is 1. The maximum absolute atomic E-state index is 4.63. The second-order valence-electron chi connectivity index (χ2n) is 5.94. The Hall–Kier alpha value is -1.36. The van der Waals surface area contributed by atoms with E-state index in [2.05, 4.69) is 52.8 Å². The predicted octanol–water partition coefficient (Wildman–Crippen LogP) is 3.97. The Morgan fingerprint density at radius 1 is 1.30 bits per heavy atom. The first-order chi connectivity index (χ1) is 9.64. The van der Waals surface area contributed by atoms with Crippen molar-refractivity contribution in [1.82, 2.24) is 9.97 Å². The summed E-state index contributed by atoms with van der Waals surface area (Å²) in [6, 6.07) is 2.10. The second kappa shape index (κ2) is 5.20. The average Bonchev–Trinajstić information content (AvgIpc) is 3.07. The third-order valence-corrected chi connectivity index (χ3v) is 5.19. The molecule has 0 atom stereocenters. The molecule has 3 rings (SSSR count). The van der Waals surface area contributed by atoms with Crippen LogP contribution in [0.5, 0.6) is 0 Å². The highest BCUT2D eigenvalue weighted by Gasteiger charge is 2.45. The summed E-state index contributed by atoms with van der Waals surface area (Å²) in [6.45, 7) is 8.55. The van der Waals surface area contributed by atoms with Gasteiger partial charge in [-0.25, -0.2) is 4.98 Å². The predicted molar refractivity (Wildman–Crippen MR) is 86.6 cm³/mol. The zero-order valence-corrected chi connectivity index (χ0v) is 13.2. The number of nitrogens with one attached hydrogen (secondary N) is 2. The zero-order valence-electron chi connectivity index (χ0n) is 12.4. The second-order valence-corrected chi connectivity index (χ2v) is 6.83. The average molecular weight is 290 g/mol. The fourth-order valence-corrected chi connectivity index (χ4v) is 3.37. The molecule has 2 aromatic heterocycles. The molecule has 2 aromatic rings. The molecule has 108 valence electrons. The molecule has 1 aliphatic carbocycles. The molecule has 5 heteroatoms. The van der Waals surface area contributed by atoms with Gasteiger partial charge in [0.15, 0.2) is 0 Å². The standard InChI is InChI=1S/C15H22N4S/c1-4-16-14-18-12(11-5-8-20-13(11)19-14)17-9-15(6-7-15)10(2)3/h5,8,10H,4,6-7,9H2,1-3H3,(H2,16,17,18,19). The summed E-state index contributed by atoms with van der Waals surface area (Å²) in [5.41, 5.74) is 0.478. The summed E-state index contributed by atoms with van der Waals surface area (Å²) in [5.74, 6) is 2.42. The molecule has 0 saturated heterocycles. The lowest BCUT2D eigenvalue weighted by atomic mass is 9.92. The van der Waals surface area contributed by atoms with Crippen LogP contribution in [0.3, 0.4) is 0 Å². The lowest BCUT2D eigenvalue weighted by Gasteiger charge is -2.20. The molecule has 0 unspecified atom stereocenters. The van der Waals surface area contributed by atoms with Gasteiger partial charge in [-0.15, -0.1) is 11.3 Å². The Morgan fingerprint density at radius 2 is 2.10 bits per heavy atom. The van der Waals surface area contributed by atoms with Crippen molar-refractivity contribution in [3.8, 4) is 0 Å². The van der Waals surface area contributed by atoms with E-state index in [0.717, 1.165) is 41.0 Å². The van der Waals surface area contributed by atoms with Gasteiger partial charge in [0.2, 0.25) is 5.95 Å². The SMILES string of the molecule is CCNc1nc(NCC2(C(C)C)CC2)c2ccsc2n1. The van der Waals surface area contributed by atoms with Gasteiger partial charge >= 0.3 is 0 Å². The number of nitrogens with zero attached hydrogens (tertiary/aromatic N) is 2. The first-order valence-corrected chi connectivity index (χ1v) is 8.25. The van der Waals surface area contributed by atoms with Crippen molar-refractivity contribution < 1.29 is 0 Å². The molecule has 0 amide bonds. The van der Waals surface area contributed by atoms with Crippen LogP contribution >= 0.6 is 11.3 Å². The zero-order chi connectivity index (χ0) is 14.2. The van der Waals surface area contributed by atoms with Crippen molar-refractivity contribution in [3.63, 3.8) is 0 Å². The van der Waals surface area contributed by atoms with Crippen molar-refractivity contribution in [2.75, 3.05) is 23.7 Å². The quantitative estimate of drug-likeness (QED) is 0.845. The van der Waals surface area contributed by atoms with Crippen LogP contribution in [-0.2, 0) is 0 Å². The molecule has 4 nitrogen and oxygen atoms in total. The van der Waals surface area contributed by atoms with E-state index in [9.17, 15) is 0 Å². The van der Waals surface area contributed by atoms with Gasteiger partial charge in [0.05, 0.1) is 5.39 Å². The number of thiophene rings is 1. The molecule has 2 heterocycles. The normalized spacial score (nSPS) is 16.6. The Morgan fingerprint density at radius 3 is 2.75 bits per heavy atom. The molecule has 1 fully saturated rings. The van der Waals surface area contributed by atoms with Gasteiger partial charge in [-0.1, -0.05) is 13.8 Å². The van der Waals surface area contributed by atoms with E-state index in [4.69, 9.17) is 0 Å². The monoisotopic (exact) mass is 290 g/mol. The van der Waals surface area contributed by atoms with Crippen molar-refractivity contribution in [2.24, 2.45) is 11.3 Å². The Balaban J connectivity index is 1.84. The van der Waals surface area contributed by atoms with Crippen molar-refractivity contribution in [3.05, 3.63) is 11.4 Å². The van der Waals surface area contributed by atoms with Crippen LogP contribution in [0.4, 0.5) is 11.8 Å². The summed E-state index contributed by atoms with van der Waals surface area (Å²) >= 11 is 1.67. The number of rotatable bonds is 6. The van der Waals surface area contributed by atoms with Gasteiger partial charge in [-0.05, 0) is 42.5 Å². The van der Waals surface area contributed by atoms with E-state index in [1.165, 1.54) is 12.8 Å². The summed E-state index contributed by atoms with van der Waals surface area (Å²) in [5, 5.41) is 10.00. The van der Waals surface area contributed by atoms with Gasteiger partial charge in [-0.3, -0.25) is 0 Å². The van der Waals surface area contributed by atoms with Crippen molar-refractivity contribution in [1.29, 1.82) is 0 Å². The number of anilines is 2. The van der Waals surface area contributed by atoms with E-state index in [-0.39, 0.29) is 0 Å². The minimum atomic E-state index is 0.478. The smallest absolute Gasteiger partial charge is 0.226 e. The van der Waals surface area contributed by atoms with Gasteiger partial charge in [0.25, 0.3) is 0 Å². The van der Waals surface area contributed by atoms with Crippen LogP contribution in [0.2, 0.25) is 0 Å². The molecule has 0 aliphatic heterocycles. The molecular weight excluding hydrogens is 268 g/mol. The highest BCUT2D eigenvalue weighted by atomic mass is 32.1. The third-order valence-electron chi connectivity index (χ3n) is 4.38. The largest absolute Gasteiger partial charge is 0.369 e. The first-order valence-electron chi connectivity index (χ1n) is 7.37. The van der Waals surface area contributed by atoms with Gasteiger partial charge < -0.3 is 10.6 Å². The maximum atomic E-state index is 4.63. The molecule has 0 aromatic carbocycles. The molecule has 1 saturated carbocycles. The van der Waals surface area contributed by atoms with E-state index >= 15 is 0 Å². The van der Waals surface area contributed by atoms with E-state index in [0.29, 0.717) is 5.41 Å². The topological polar surface area (TPSA) is 49.8 Å². The molecule has 0 radical (unpaired) electrons. The van der Waals surface area contributed by atoms with Crippen LogP contribution < -0.4 is 10.6 Å². The number of hydrogen-bond donors (Lipinski definition) is 2. The van der Waals surface area contributed by atoms with E-state index in [1.54, 1.807) is 11.3 Å². The summed E-state index contributed by atoms with van der Waals surface area (Å²) in [4.78, 5) is 10.2. The molecular formula is C15H22N4S. The Kier molecular flexibility index (Phi) is 3.54. The summed E-state index contributed by atoms with van der Waals surface area (Å²) in [6.07, 6.45) is 2.66. The minimum Gasteiger partial charge on any atom is -0.369 e. The van der Waals surface area contributed by atoms with Crippen LogP contribution in [0.1, 0.15) is 33.6 Å². The summed E-state index contributed by atoms with van der Waals surface area (Å²) in [7, 11) is 0. The maximum Gasteiger partial charge on any atom is 0.226 e. The van der Waals surface area contributed by atoms with Crippen LogP contribution in [0.25, 0.3) is 10.2 Å². The molecule has 1 aliphatic rings. The first kappa shape index (κ1) is 13.6. The lowest BCUT2D eigenvalue weighted by Crippen LogP contribution is -2.21. The molecule has 0 spiro atoms. The van der Waals surface area contributed by atoms with E-state index < -0.39 is 0 Å². The van der Waals surface area contributed by atoms with Gasteiger partial charge in [0.1, 0.15) is 10.6 Å². The number of aromatic nitrogens is 2. The Bertz CT molecular complexity index is 601. The van der Waals surface area contributed by atoms with Gasteiger partial charge in [-0.2, -0.15) is 4.98 Å². The summed E-state index contributed by atoms with van der Waals surface area (Å²) < 4.78 is 0. The number of hydrogen-bond acceptors (Lipinski definition) is 5. The van der Waals surface area contributed by atoms with Crippen LogP contribution in [0.15, 0.2) is 11.4 Å². The lowest BCUT2D eigenvalue weighted by molar-refractivity contribution is 0.380. The molecule has 0 bridgehead atoms. The molecule has 2 N–H and O–H groups in total. The van der Waals surface area contributed by atoms with Crippen molar-refractivity contribution in [2.45, 2.75) is 33.6 Å². The highest BCUT2D eigenvalue weighted by Crippen LogP contribution is 2.51. The Labute approximate surface area is 124 Å². The van der Waals surface area contributed by atoms with Gasteiger partial charge in [0, 0.05) is 13.1 Å². The van der Waals surface area contributed by atoms with Crippen molar-refractivity contribution >= 4 is 33.3 Å². The van der Waals surface area contributed by atoms with E-state index in [1.807, 2.05) is 0 Å². The highest BCUT2D eigenvalue weighted by molar-refractivity contribution is 7.16. The minimum absolute atomic E-state index is 0.478. The van der Waals surface area contributed by atoms with Crippen LogP contribution in [0, 0.1) is 11.3 Å².